The Morgan fingerprint density at radius 1 is 1.30 bits per heavy atom. The van der Waals surface area contributed by atoms with Gasteiger partial charge in [0.15, 0.2) is 0 Å². The molecule has 0 heterocycles. The lowest BCUT2D eigenvalue weighted by molar-refractivity contribution is 0.278. The molecule has 0 aliphatic rings. The molecule has 2 nitrogen and oxygen atoms in total. The number of halogens is 1. The zero-order chi connectivity index (χ0) is 7.33. The molecule has 0 amide bonds. The van der Waals surface area contributed by atoms with Gasteiger partial charge in [0.2, 0.25) is 0 Å². The van der Waals surface area contributed by atoms with Crippen LogP contribution in [0.1, 0.15) is 27.2 Å². The first-order chi connectivity index (χ1) is 4.06. The Labute approximate surface area is 73.8 Å². The summed E-state index contributed by atoms with van der Waals surface area (Å²) in [5, 5.41) is 11.7. The highest BCUT2D eigenvalue weighted by Crippen LogP contribution is 1.97. The topological polar surface area (TPSA) is 32.3 Å². The molecule has 0 fully saturated rings. The summed E-state index contributed by atoms with van der Waals surface area (Å²) in [4.78, 5) is 0. The quantitative estimate of drug-likeness (QED) is 0.692. The van der Waals surface area contributed by atoms with Crippen molar-refractivity contribution in [2.75, 3.05) is 13.2 Å². The second-order valence-electron chi connectivity index (χ2n) is 3.25. The zero-order valence-electron chi connectivity index (χ0n) is 6.98. The normalized spacial score (nSPS) is 10.8. The molecule has 2 N–H and O–H groups in total. The van der Waals surface area contributed by atoms with Gasteiger partial charge in [-0.3, -0.25) is 0 Å². The third kappa shape index (κ3) is 11.2. The van der Waals surface area contributed by atoms with E-state index in [1.807, 2.05) is 0 Å². The standard InChI is InChI=1S/C7H17NO.BrH/c1-7(2,3)8-5-4-6-9;/h8-9H,4-6H2,1-3H3;1H. The average Bonchev–Trinajstić information content (AvgIpc) is 1.63. The molecule has 0 saturated carbocycles. The molecule has 3 heteroatoms. The average molecular weight is 212 g/mol. The van der Waals surface area contributed by atoms with Gasteiger partial charge in [0.1, 0.15) is 0 Å². The maximum Gasteiger partial charge on any atom is 0.0443 e. The lowest BCUT2D eigenvalue weighted by Crippen LogP contribution is -2.36. The van der Waals surface area contributed by atoms with Crippen molar-refractivity contribution in [2.45, 2.75) is 32.7 Å². The Balaban J connectivity index is 0. The van der Waals surface area contributed by atoms with Crippen LogP contribution in [0.3, 0.4) is 0 Å². The molecular formula is C7H18BrNO. The van der Waals surface area contributed by atoms with E-state index in [1.165, 1.54) is 0 Å². The zero-order valence-corrected chi connectivity index (χ0v) is 8.69. The van der Waals surface area contributed by atoms with E-state index >= 15 is 0 Å². The van der Waals surface area contributed by atoms with Crippen molar-refractivity contribution in [2.24, 2.45) is 0 Å². The van der Waals surface area contributed by atoms with E-state index in [-0.39, 0.29) is 29.1 Å². The Morgan fingerprint density at radius 3 is 2.10 bits per heavy atom. The van der Waals surface area contributed by atoms with Gasteiger partial charge in [-0.15, -0.1) is 17.0 Å². The minimum absolute atomic E-state index is 0. The first-order valence-electron chi connectivity index (χ1n) is 3.42. The number of aliphatic hydroxyl groups is 1. The number of hydrogen-bond donors (Lipinski definition) is 2. The van der Waals surface area contributed by atoms with E-state index in [2.05, 4.69) is 26.1 Å². The van der Waals surface area contributed by atoms with Crippen molar-refractivity contribution in [3.63, 3.8) is 0 Å². The molecule has 0 aromatic heterocycles. The SMILES string of the molecule is Br.CC(C)(C)NCCCO. The highest BCUT2D eigenvalue weighted by atomic mass is 79.9. The minimum Gasteiger partial charge on any atom is -0.396 e. The van der Waals surface area contributed by atoms with Crippen molar-refractivity contribution in [1.82, 2.24) is 5.32 Å². The maximum atomic E-state index is 8.42. The number of rotatable bonds is 3. The fraction of sp³-hybridized carbons (Fsp3) is 1.00. The molecule has 10 heavy (non-hydrogen) atoms. The van der Waals surface area contributed by atoms with E-state index in [0.29, 0.717) is 0 Å². The van der Waals surface area contributed by atoms with Gasteiger partial charge in [0.25, 0.3) is 0 Å². The number of hydrogen-bond acceptors (Lipinski definition) is 2. The molecule has 0 aromatic carbocycles. The lowest BCUT2D eigenvalue weighted by Gasteiger charge is -2.19. The minimum atomic E-state index is 0. The van der Waals surface area contributed by atoms with Crippen LogP contribution in [-0.4, -0.2) is 23.8 Å². The van der Waals surface area contributed by atoms with Crippen molar-refractivity contribution < 1.29 is 5.11 Å². The smallest absolute Gasteiger partial charge is 0.0443 e. The summed E-state index contributed by atoms with van der Waals surface area (Å²) in [6.45, 7) is 7.53. The second-order valence-corrected chi connectivity index (χ2v) is 3.25. The maximum absolute atomic E-state index is 8.42. The highest BCUT2D eigenvalue weighted by molar-refractivity contribution is 8.93. The summed E-state index contributed by atoms with van der Waals surface area (Å²) < 4.78 is 0. The molecule has 64 valence electrons. The molecule has 0 saturated heterocycles. The molecule has 0 unspecified atom stereocenters. The summed E-state index contributed by atoms with van der Waals surface area (Å²) in [5.74, 6) is 0. The molecule has 0 aliphatic heterocycles. The van der Waals surface area contributed by atoms with Gasteiger partial charge in [-0.05, 0) is 33.7 Å². The van der Waals surface area contributed by atoms with Gasteiger partial charge in [0.05, 0.1) is 0 Å². The summed E-state index contributed by atoms with van der Waals surface area (Å²) in [6.07, 6.45) is 0.845. The van der Waals surface area contributed by atoms with Gasteiger partial charge in [-0.1, -0.05) is 0 Å². The third-order valence-electron chi connectivity index (χ3n) is 0.990. The van der Waals surface area contributed by atoms with Gasteiger partial charge in [-0.2, -0.15) is 0 Å². The van der Waals surface area contributed by atoms with Gasteiger partial charge >= 0.3 is 0 Å². The van der Waals surface area contributed by atoms with Crippen molar-refractivity contribution in [3.8, 4) is 0 Å². The van der Waals surface area contributed by atoms with Crippen LogP contribution in [0.15, 0.2) is 0 Å². The van der Waals surface area contributed by atoms with E-state index in [0.717, 1.165) is 13.0 Å². The second kappa shape index (κ2) is 6.13. The molecular weight excluding hydrogens is 194 g/mol. The molecule has 0 radical (unpaired) electrons. The molecule has 0 atom stereocenters. The van der Waals surface area contributed by atoms with Crippen molar-refractivity contribution in [1.29, 1.82) is 0 Å². The van der Waals surface area contributed by atoms with E-state index in [9.17, 15) is 0 Å². The lowest BCUT2D eigenvalue weighted by atomic mass is 10.1. The van der Waals surface area contributed by atoms with Crippen LogP contribution in [0.5, 0.6) is 0 Å². The number of nitrogens with one attached hydrogen (secondary N) is 1. The molecule has 0 rings (SSSR count). The van der Waals surface area contributed by atoms with E-state index in [1.54, 1.807) is 0 Å². The van der Waals surface area contributed by atoms with Crippen LogP contribution in [0, 0.1) is 0 Å². The molecule has 0 spiro atoms. The Hall–Kier alpha value is 0.400. The Kier molecular flexibility index (Phi) is 7.99. The monoisotopic (exact) mass is 211 g/mol. The van der Waals surface area contributed by atoms with Crippen LogP contribution < -0.4 is 5.32 Å². The van der Waals surface area contributed by atoms with E-state index < -0.39 is 0 Å². The molecule has 0 aliphatic carbocycles. The van der Waals surface area contributed by atoms with Gasteiger partial charge in [0, 0.05) is 12.1 Å². The fourth-order valence-corrected chi connectivity index (χ4v) is 0.542. The van der Waals surface area contributed by atoms with Crippen molar-refractivity contribution in [3.05, 3.63) is 0 Å². The molecule has 0 aromatic rings. The first-order valence-corrected chi connectivity index (χ1v) is 3.42. The van der Waals surface area contributed by atoms with Crippen LogP contribution in [-0.2, 0) is 0 Å². The highest BCUT2D eigenvalue weighted by Gasteiger charge is 2.06. The predicted octanol–water partition coefficient (Wildman–Crippen LogP) is 1.33. The fourth-order valence-electron chi connectivity index (χ4n) is 0.542. The Bertz CT molecular complexity index is 70.5. The van der Waals surface area contributed by atoms with Gasteiger partial charge in [-0.25, -0.2) is 0 Å². The first kappa shape index (κ1) is 13.0. The largest absolute Gasteiger partial charge is 0.396 e. The van der Waals surface area contributed by atoms with Crippen LogP contribution in [0.25, 0.3) is 0 Å². The summed E-state index contributed by atoms with van der Waals surface area (Å²) >= 11 is 0. The summed E-state index contributed by atoms with van der Waals surface area (Å²) in [6, 6.07) is 0. The predicted molar refractivity (Wildman–Crippen MR) is 49.8 cm³/mol. The molecule has 0 bridgehead atoms. The van der Waals surface area contributed by atoms with Crippen LogP contribution in [0.2, 0.25) is 0 Å². The van der Waals surface area contributed by atoms with Gasteiger partial charge < -0.3 is 10.4 Å². The summed E-state index contributed by atoms with van der Waals surface area (Å²) in [5.41, 5.74) is 0.190. The van der Waals surface area contributed by atoms with Crippen molar-refractivity contribution >= 4 is 17.0 Å². The van der Waals surface area contributed by atoms with E-state index in [4.69, 9.17) is 5.11 Å². The third-order valence-corrected chi connectivity index (χ3v) is 0.990. The van der Waals surface area contributed by atoms with Crippen LogP contribution >= 0.6 is 17.0 Å². The Morgan fingerprint density at radius 2 is 1.80 bits per heavy atom. The van der Waals surface area contributed by atoms with Crippen LogP contribution in [0.4, 0.5) is 0 Å². The number of aliphatic hydroxyl groups excluding tert-OH is 1. The summed E-state index contributed by atoms with van der Waals surface area (Å²) in [7, 11) is 0.